The van der Waals surface area contributed by atoms with E-state index in [0.717, 1.165) is 35.8 Å². The van der Waals surface area contributed by atoms with Crippen LogP contribution in [0, 0.1) is 0 Å². The van der Waals surface area contributed by atoms with Gasteiger partial charge in [-0.2, -0.15) is 0 Å². The average molecular weight is 433 g/mol. The zero-order valence-corrected chi connectivity index (χ0v) is 17.9. The van der Waals surface area contributed by atoms with E-state index >= 15 is 0 Å². The standard InChI is InChI=1S/C24H24N4O2S/c1-2-7-22(8-3-1)29-14-15-31-18-23-27-28-24(30-23)20-11-9-19(10-12-20)16-25-17-21-6-4-5-13-26-21/h1-13,25H,14-18H2. The first kappa shape index (κ1) is 21.1. The van der Waals surface area contributed by atoms with Gasteiger partial charge in [-0.1, -0.05) is 36.4 Å². The maximum atomic E-state index is 5.81. The van der Waals surface area contributed by atoms with Gasteiger partial charge in [-0.15, -0.1) is 22.0 Å². The minimum absolute atomic E-state index is 0.545. The minimum Gasteiger partial charge on any atom is -0.493 e. The monoisotopic (exact) mass is 432 g/mol. The van der Waals surface area contributed by atoms with Gasteiger partial charge in [0, 0.05) is 30.6 Å². The Kier molecular flexibility index (Phi) is 7.68. The molecule has 2 aromatic heterocycles. The lowest BCUT2D eigenvalue weighted by molar-refractivity contribution is 0.344. The quantitative estimate of drug-likeness (QED) is 0.343. The summed E-state index contributed by atoms with van der Waals surface area (Å²) in [6.45, 7) is 2.16. The number of benzene rings is 2. The van der Waals surface area contributed by atoms with Crippen LogP contribution >= 0.6 is 11.8 Å². The number of aromatic nitrogens is 3. The molecule has 1 N–H and O–H groups in total. The average Bonchev–Trinajstić information content (AvgIpc) is 3.30. The molecule has 0 unspecified atom stereocenters. The number of rotatable bonds is 11. The highest BCUT2D eigenvalue weighted by Gasteiger charge is 2.09. The zero-order chi connectivity index (χ0) is 21.1. The Balaban J connectivity index is 1.19. The third kappa shape index (κ3) is 6.67. The summed E-state index contributed by atoms with van der Waals surface area (Å²) >= 11 is 1.71. The molecule has 0 aliphatic carbocycles. The molecular weight excluding hydrogens is 408 g/mol. The normalized spacial score (nSPS) is 10.8. The maximum Gasteiger partial charge on any atom is 0.247 e. The Bertz CT molecular complexity index is 1040. The highest BCUT2D eigenvalue weighted by Crippen LogP contribution is 2.20. The number of nitrogens with zero attached hydrogens (tertiary/aromatic N) is 3. The fourth-order valence-electron chi connectivity index (χ4n) is 2.93. The molecule has 31 heavy (non-hydrogen) atoms. The summed E-state index contributed by atoms with van der Waals surface area (Å²) in [5.74, 6) is 3.58. The molecule has 0 fully saturated rings. The van der Waals surface area contributed by atoms with E-state index in [2.05, 4.69) is 32.6 Å². The first-order chi connectivity index (χ1) is 15.4. The molecular formula is C24H24N4O2S. The van der Waals surface area contributed by atoms with Crippen LogP contribution in [0.15, 0.2) is 83.4 Å². The van der Waals surface area contributed by atoms with Crippen molar-refractivity contribution in [3.8, 4) is 17.2 Å². The van der Waals surface area contributed by atoms with Crippen LogP contribution in [-0.4, -0.2) is 27.5 Å². The van der Waals surface area contributed by atoms with Gasteiger partial charge in [0.1, 0.15) is 5.75 Å². The van der Waals surface area contributed by atoms with E-state index in [0.29, 0.717) is 24.1 Å². The molecule has 6 nitrogen and oxygen atoms in total. The van der Waals surface area contributed by atoms with Crippen molar-refractivity contribution in [3.05, 3.63) is 96.1 Å². The molecule has 158 valence electrons. The molecule has 0 atom stereocenters. The van der Waals surface area contributed by atoms with Gasteiger partial charge in [-0.25, -0.2) is 0 Å². The van der Waals surface area contributed by atoms with Gasteiger partial charge < -0.3 is 14.5 Å². The molecule has 0 saturated heterocycles. The number of para-hydroxylation sites is 1. The van der Waals surface area contributed by atoms with Crippen LogP contribution in [0.2, 0.25) is 0 Å². The van der Waals surface area contributed by atoms with Gasteiger partial charge in [0.15, 0.2) is 0 Å². The van der Waals surface area contributed by atoms with Crippen molar-refractivity contribution < 1.29 is 9.15 Å². The van der Waals surface area contributed by atoms with Gasteiger partial charge in [-0.3, -0.25) is 4.98 Å². The summed E-state index contributed by atoms with van der Waals surface area (Å²) in [5.41, 5.74) is 3.14. The fourth-order valence-corrected chi connectivity index (χ4v) is 3.56. The molecule has 0 spiro atoms. The minimum atomic E-state index is 0.545. The van der Waals surface area contributed by atoms with Gasteiger partial charge in [0.05, 0.1) is 18.1 Å². The highest BCUT2D eigenvalue weighted by atomic mass is 32.2. The second-order valence-corrected chi connectivity index (χ2v) is 7.94. The largest absolute Gasteiger partial charge is 0.493 e. The molecule has 0 saturated carbocycles. The van der Waals surface area contributed by atoms with Crippen LogP contribution in [0.1, 0.15) is 17.1 Å². The van der Waals surface area contributed by atoms with Crippen LogP contribution in [0.5, 0.6) is 5.75 Å². The van der Waals surface area contributed by atoms with E-state index < -0.39 is 0 Å². The molecule has 0 aliphatic rings. The van der Waals surface area contributed by atoms with Crippen molar-refractivity contribution in [2.75, 3.05) is 12.4 Å². The van der Waals surface area contributed by atoms with Crippen molar-refractivity contribution >= 4 is 11.8 Å². The Morgan fingerprint density at radius 2 is 1.71 bits per heavy atom. The first-order valence-electron chi connectivity index (χ1n) is 10.1. The fraction of sp³-hybridized carbons (Fsp3) is 0.208. The Labute approximate surface area is 186 Å². The smallest absolute Gasteiger partial charge is 0.247 e. The second-order valence-electron chi connectivity index (χ2n) is 6.84. The number of hydrogen-bond acceptors (Lipinski definition) is 7. The van der Waals surface area contributed by atoms with Crippen LogP contribution < -0.4 is 10.1 Å². The molecule has 0 radical (unpaired) electrons. The summed E-state index contributed by atoms with van der Waals surface area (Å²) in [4.78, 5) is 4.31. The zero-order valence-electron chi connectivity index (χ0n) is 17.1. The van der Waals surface area contributed by atoms with Crippen LogP contribution in [0.4, 0.5) is 0 Å². The van der Waals surface area contributed by atoms with E-state index in [-0.39, 0.29) is 0 Å². The molecule has 0 amide bonds. The summed E-state index contributed by atoms with van der Waals surface area (Å²) in [7, 11) is 0. The van der Waals surface area contributed by atoms with Gasteiger partial charge >= 0.3 is 0 Å². The predicted molar refractivity (Wildman–Crippen MR) is 123 cm³/mol. The van der Waals surface area contributed by atoms with Gasteiger partial charge in [0.2, 0.25) is 11.8 Å². The van der Waals surface area contributed by atoms with Crippen LogP contribution in [0.3, 0.4) is 0 Å². The first-order valence-corrected chi connectivity index (χ1v) is 11.3. The summed E-state index contributed by atoms with van der Waals surface area (Å²) in [5, 5.41) is 11.7. The summed E-state index contributed by atoms with van der Waals surface area (Å²) in [6.07, 6.45) is 1.81. The van der Waals surface area contributed by atoms with Crippen molar-refractivity contribution in [2.45, 2.75) is 18.8 Å². The topological polar surface area (TPSA) is 73.1 Å². The Morgan fingerprint density at radius 1 is 0.871 bits per heavy atom. The number of thioether (sulfide) groups is 1. The lowest BCUT2D eigenvalue weighted by Gasteiger charge is -2.05. The molecule has 4 rings (SSSR count). The summed E-state index contributed by atoms with van der Waals surface area (Å²) < 4.78 is 11.5. The van der Waals surface area contributed by atoms with Crippen molar-refractivity contribution in [3.63, 3.8) is 0 Å². The van der Waals surface area contributed by atoms with E-state index in [1.165, 1.54) is 5.56 Å². The number of hydrogen-bond donors (Lipinski definition) is 1. The van der Waals surface area contributed by atoms with E-state index in [1.807, 2.05) is 66.9 Å². The second kappa shape index (κ2) is 11.3. The number of nitrogens with one attached hydrogen (secondary N) is 1. The molecule has 7 heteroatoms. The highest BCUT2D eigenvalue weighted by molar-refractivity contribution is 7.98. The third-order valence-corrected chi connectivity index (χ3v) is 5.40. The molecule has 2 heterocycles. The Hall–Kier alpha value is -3.16. The molecule has 0 aliphatic heterocycles. The van der Waals surface area contributed by atoms with E-state index in [1.54, 1.807) is 11.8 Å². The molecule has 4 aromatic rings. The summed E-state index contributed by atoms with van der Waals surface area (Å²) in [6, 6.07) is 23.9. The SMILES string of the molecule is c1ccc(OCCSCc2nnc(-c3ccc(CNCc4ccccn4)cc3)o2)cc1. The van der Waals surface area contributed by atoms with Gasteiger partial charge in [-0.05, 0) is 42.0 Å². The van der Waals surface area contributed by atoms with Gasteiger partial charge in [0.25, 0.3) is 0 Å². The third-order valence-electron chi connectivity index (χ3n) is 4.49. The molecule has 2 aromatic carbocycles. The van der Waals surface area contributed by atoms with E-state index in [4.69, 9.17) is 9.15 Å². The van der Waals surface area contributed by atoms with Crippen LogP contribution in [0.25, 0.3) is 11.5 Å². The lowest BCUT2D eigenvalue weighted by Crippen LogP contribution is -2.13. The number of ether oxygens (including phenoxy) is 1. The van der Waals surface area contributed by atoms with E-state index in [9.17, 15) is 0 Å². The van der Waals surface area contributed by atoms with Crippen molar-refractivity contribution in [1.82, 2.24) is 20.5 Å². The van der Waals surface area contributed by atoms with Crippen molar-refractivity contribution in [2.24, 2.45) is 0 Å². The lowest BCUT2D eigenvalue weighted by atomic mass is 10.1. The molecule has 0 bridgehead atoms. The van der Waals surface area contributed by atoms with Crippen LogP contribution in [-0.2, 0) is 18.8 Å². The van der Waals surface area contributed by atoms with Crippen molar-refractivity contribution in [1.29, 1.82) is 0 Å². The number of pyridine rings is 1. The Morgan fingerprint density at radius 3 is 2.52 bits per heavy atom. The maximum absolute atomic E-state index is 5.81. The predicted octanol–water partition coefficient (Wildman–Crippen LogP) is 4.73.